The number of likely N-dealkylation sites (tertiary alicyclic amines) is 1. The molecule has 39 heteroatoms. The normalized spacial score (nSPS) is 16.6. The van der Waals surface area contributed by atoms with Crippen LogP contribution in [0.1, 0.15) is 179 Å². The minimum Gasteiger partial charge on any atom is -0.481 e. The van der Waals surface area contributed by atoms with Gasteiger partial charge in [-0.25, -0.2) is 4.79 Å². The van der Waals surface area contributed by atoms with E-state index in [-0.39, 0.29) is 88.0 Å². The number of hydrogen-bond acceptors (Lipinski definition) is 22. The molecular formula is C84H134N16O22S. The molecule has 1 heterocycles. The predicted octanol–water partition coefficient (Wildman–Crippen LogP) is -1.43. The number of aliphatic carboxylic acids is 2. The van der Waals surface area contributed by atoms with Gasteiger partial charge in [-0.3, -0.25) is 76.7 Å². The van der Waals surface area contributed by atoms with E-state index < -0.39 is 241 Å². The molecule has 0 aliphatic carbocycles. The summed E-state index contributed by atoms with van der Waals surface area (Å²) >= 11 is 1.40. The topological polar surface area (TPSA) is 589 Å². The first-order valence-corrected chi connectivity index (χ1v) is 43.3. The molecule has 2 aromatic carbocycles. The first-order chi connectivity index (χ1) is 57.7. The number of aliphatic hydroxyl groups excluding tert-OH is 3. The predicted molar refractivity (Wildman–Crippen MR) is 457 cm³/mol. The Morgan fingerprint density at radius 3 is 1.28 bits per heavy atom. The number of carboxylic acid groups (broad SMARTS) is 2. The minimum atomic E-state index is -1.92. The van der Waals surface area contributed by atoms with Gasteiger partial charge >= 0.3 is 11.9 Å². The number of carbonyl (C=O) groups excluding carboxylic acids is 15. The van der Waals surface area contributed by atoms with Crippen molar-refractivity contribution in [2.45, 2.75) is 284 Å². The molecule has 15 amide bonds. The number of carboxylic acids is 2. The third-order valence-electron chi connectivity index (χ3n) is 20.0. The van der Waals surface area contributed by atoms with Gasteiger partial charge in [0.15, 0.2) is 0 Å². The standard InChI is InChI=1S/C84H134N16O22S/c1-43(2)34-54(85)71(108)96-63(42-101)78(115)92-58(36-45(5)6)75(112)89-55(29-30-66(105)106)73(110)98-69(51(15)103)82(119)94-59(37-46(7)8)76(113)99-68(50(14)102)81(118)87-49(13)70(107)91-61(40-53-26-21-18-22-27-53)77(114)97-67(48(11)12)80(117)95-62(38-47(9)10)83(120)100-32-23-28-64(100)79(116)93-60(39-52-24-19-17-20-25-52)72(109)86-41-65(104)88-57(35-44(3)4)74(111)90-56(84(121)122)31-33-123-16/h17-22,24-27,43-51,54-64,67-69,101-103H,23,28-42,85H2,1-16H3,(H,86,109)(H,87,118)(H,88,104)(H,89,112)(H,90,111)(H,91,107)(H,92,115)(H,93,116)(H,94,119)(H,95,117)(H,96,108)(H,97,114)(H,98,110)(H,99,113)(H,105,106)(H,121,122)/t49-,50+,51+,54-,55-,56-,57-,58-,59-,60-,61-,62-,63-,64-,67-,68-,69-/m0/s1. The molecule has 0 radical (unpaired) electrons. The third-order valence-corrected chi connectivity index (χ3v) is 20.6. The van der Waals surface area contributed by atoms with Crippen LogP contribution >= 0.6 is 11.8 Å². The lowest BCUT2D eigenvalue weighted by Crippen LogP contribution is -2.63. The molecule has 0 spiro atoms. The van der Waals surface area contributed by atoms with Crippen molar-refractivity contribution in [3.8, 4) is 0 Å². The highest BCUT2D eigenvalue weighted by Crippen LogP contribution is 2.23. The van der Waals surface area contributed by atoms with Crippen molar-refractivity contribution in [2.24, 2.45) is 41.2 Å². The number of benzene rings is 2. The Morgan fingerprint density at radius 2 is 0.813 bits per heavy atom. The van der Waals surface area contributed by atoms with Gasteiger partial charge in [0.25, 0.3) is 0 Å². The van der Waals surface area contributed by atoms with E-state index in [1.165, 1.54) is 23.6 Å². The lowest BCUT2D eigenvalue weighted by molar-refractivity contribution is -0.143. The van der Waals surface area contributed by atoms with Gasteiger partial charge in [0.05, 0.1) is 31.4 Å². The van der Waals surface area contributed by atoms with Gasteiger partial charge in [-0.05, 0) is 137 Å². The summed E-state index contributed by atoms with van der Waals surface area (Å²) < 4.78 is 0. The summed E-state index contributed by atoms with van der Waals surface area (Å²) in [7, 11) is 0. The summed E-state index contributed by atoms with van der Waals surface area (Å²) in [5, 5.41) is 86.9. The van der Waals surface area contributed by atoms with Crippen LogP contribution in [0.3, 0.4) is 0 Å². The van der Waals surface area contributed by atoms with Gasteiger partial charge < -0.3 is 111 Å². The Kier molecular flexibility index (Phi) is 46.5. The smallest absolute Gasteiger partial charge is 0.326 e. The number of thioether (sulfide) groups is 1. The van der Waals surface area contributed by atoms with Gasteiger partial charge in [-0.15, -0.1) is 0 Å². The Balaban J connectivity index is 1.85. The number of carbonyl (C=O) groups is 17. The third kappa shape index (κ3) is 38.1. The Labute approximate surface area is 723 Å². The zero-order chi connectivity index (χ0) is 92.8. The largest absolute Gasteiger partial charge is 0.481 e. The molecule has 0 bridgehead atoms. The van der Waals surface area contributed by atoms with Crippen LogP contribution in [0.25, 0.3) is 0 Å². The molecule has 1 saturated heterocycles. The number of nitrogens with zero attached hydrogens (tertiary/aromatic N) is 1. The fourth-order valence-corrected chi connectivity index (χ4v) is 13.9. The van der Waals surface area contributed by atoms with Crippen LogP contribution in [0.5, 0.6) is 0 Å². The molecule has 0 saturated carbocycles. The van der Waals surface area contributed by atoms with Crippen molar-refractivity contribution in [2.75, 3.05) is 31.7 Å². The van der Waals surface area contributed by atoms with E-state index >= 15 is 0 Å². The Hall–Kier alpha value is -10.4. The maximum atomic E-state index is 14.9. The van der Waals surface area contributed by atoms with Crippen molar-refractivity contribution >= 4 is 112 Å². The van der Waals surface area contributed by atoms with Gasteiger partial charge in [-0.2, -0.15) is 11.8 Å². The highest BCUT2D eigenvalue weighted by atomic mass is 32.2. The lowest BCUT2D eigenvalue weighted by atomic mass is 9.98. The van der Waals surface area contributed by atoms with E-state index in [9.17, 15) is 107 Å². The molecule has 123 heavy (non-hydrogen) atoms. The summed E-state index contributed by atoms with van der Waals surface area (Å²) in [6, 6.07) is -4.58. The van der Waals surface area contributed by atoms with Crippen molar-refractivity contribution in [3.63, 3.8) is 0 Å². The zero-order valence-corrected chi connectivity index (χ0v) is 74.3. The van der Waals surface area contributed by atoms with Crippen LogP contribution in [0.15, 0.2) is 60.7 Å². The van der Waals surface area contributed by atoms with Crippen molar-refractivity contribution in [1.82, 2.24) is 79.3 Å². The maximum Gasteiger partial charge on any atom is 0.326 e. The van der Waals surface area contributed by atoms with E-state index in [4.69, 9.17) is 5.73 Å². The monoisotopic (exact) mass is 1750 g/mol. The van der Waals surface area contributed by atoms with Gasteiger partial charge in [0, 0.05) is 25.8 Å². The average molecular weight is 1750 g/mol. The number of aliphatic hydroxyl groups is 3. The van der Waals surface area contributed by atoms with E-state index in [0.29, 0.717) is 23.3 Å². The van der Waals surface area contributed by atoms with Gasteiger partial charge in [-0.1, -0.05) is 144 Å². The molecule has 3 rings (SSSR count). The molecule has 38 nitrogen and oxygen atoms in total. The molecule has 1 fully saturated rings. The highest BCUT2D eigenvalue weighted by Gasteiger charge is 2.43. The molecule has 1 aliphatic heterocycles. The highest BCUT2D eigenvalue weighted by molar-refractivity contribution is 7.98. The summed E-state index contributed by atoms with van der Waals surface area (Å²) in [5.74, 6) is -17.6. The molecular weight excluding hydrogens is 1620 g/mol. The fourth-order valence-electron chi connectivity index (χ4n) is 13.5. The van der Waals surface area contributed by atoms with Crippen molar-refractivity contribution < 1.29 is 107 Å². The van der Waals surface area contributed by atoms with Crippen molar-refractivity contribution in [3.05, 3.63) is 71.8 Å². The van der Waals surface area contributed by atoms with Crippen LogP contribution in [0.2, 0.25) is 0 Å². The Morgan fingerprint density at radius 1 is 0.423 bits per heavy atom. The molecule has 2 aromatic rings. The molecule has 0 unspecified atom stereocenters. The first kappa shape index (κ1) is 107. The summed E-state index contributed by atoms with van der Waals surface area (Å²) in [6.45, 7) is 22.9. The van der Waals surface area contributed by atoms with Gasteiger partial charge in [0.2, 0.25) is 88.6 Å². The van der Waals surface area contributed by atoms with E-state index in [1.807, 2.05) is 27.7 Å². The average Bonchev–Trinajstić information content (AvgIpc) is 1.73. The number of nitrogens with two attached hydrogens (primary N) is 1. The van der Waals surface area contributed by atoms with E-state index in [2.05, 4.69) is 74.4 Å². The molecule has 21 N–H and O–H groups in total. The Bertz CT molecular complexity index is 3860. The molecule has 688 valence electrons. The summed E-state index contributed by atoms with van der Waals surface area (Å²) in [6.07, 6.45) is -2.38. The second-order valence-corrected chi connectivity index (χ2v) is 34.8. The number of nitrogens with one attached hydrogen (secondary N) is 14. The minimum absolute atomic E-state index is 0.00413. The zero-order valence-electron chi connectivity index (χ0n) is 73.5. The van der Waals surface area contributed by atoms with Gasteiger partial charge in [0.1, 0.15) is 84.6 Å². The van der Waals surface area contributed by atoms with Crippen LogP contribution in [-0.4, -0.2) is 266 Å². The first-order valence-electron chi connectivity index (χ1n) is 41.9. The summed E-state index contributed by atoms with van der Waals surface area (Å²) in [4.78, 5) is 236. The summed E-state index contributed by atoms with van der Waals surface area (Å²) in [5.41, 5.74) is 7.14. The van der Waals surface area contributed by atoms with Crippen LogP contribution < -0.4 is 80.2 Å². The molecule has 0 aromatic heterocycles. The lowest BCUT2D eigenvalue weighted by Gasteiger charge is -2.32. The van der Waals surface area contributed by atoms with Crippen LogP contribution in [0.4, 0.5) is 0 Å². The molecule has 17 atom stereocenters. The quantitative estimate of drug-likeness (QED) is 0.0361. The van der Waals surface area contributed by atoms with Crippen LogP contribution in [0, 0.1) is 35.5 Å². The molecule has 1 aliphatic rings. The number of rotatable bonds is 54. The number of amides is 15. The fraction of sp³-hybridized carbons (Fsp3) is 0.655. The number of hydrogen-bond donors (Lipinski definition) is 20. The van der Waals surface area contributed by atoms with E-state index in [0.717, 1.165) is 13.8 Å². The second kappa shape index (κ2) is 53.6. The van der Waals surface area contributed by atoms with E-state index in [1.54, 1.807) is 122 Å². The SMILES string of the molecule is CSCC[C@H](NC(=O)[C@H](CC(C)C)NC(=O)CNC(=O)[C@H](Cc1ccccc1)NC(=O)[C@@H]1CCCN1C(=O)[C@H](CC(C)C)NC(=O)[C@@H](NC(=O)[C@H](Cc1ccccc1)NC(=O)[C@H](C)NC(=O)[C@@H](NC(=O)[C@H](CC(C)C)NC(=O)[C@@H](NC(=O)[C@H](CCC(=O)O)NC(=O)[C@H](CC(C)C)NC(=O)[C@H](CO)NC(=O)[C@@H](N)CC(C)C)[C@@H](C)O)[C@@H](C)O)C(C)C)C(=O)O. The van der Waals surface area contributed by atoms with Crippen molar-refractivity contribution in [1.29, 1.82) is 0 Å². The maximum absolute atomic E-state index is 14.9. The second-order valence-electron chi connectivity index (χ2n) is 33.8. The van der Waals surface area contributed by atoms with Crippen LogP contribution in [-0.2, 0) is 94.3 Å².